The average molecular weight is 836 g/mol. The molecule has 0 spiro atoms. The van der Waals surface area contributed by atoms with Crippen molar-refractivity contribution in [2.75, 3.05) is 67.9 Å². The van der Waals surface area contributed by atoms with Crippen LogP contribution in [0.4, 0.5) is 22.7 Å². The number of carbonyl (C=O) groups excluding carboxylic acids is 2. The Hall–Kier alpha value is -5.31. The van der Waals surface area contributed by atoms with Crippen molar-refractivity contribution in [3.63, 3.8) is 0 Å². The Morgan fingerprint density at radius 2 is 1.23 bits per heavy atom. The number of benzene rings is 5. The Balaban J connectivity index is 0.921. The number of nitrogens with zero attached hydrogens (tertiary/aromatic N) is 3. The van der Waals surface area contributed by atoms with Gasteiger partial charge in [0.25, 0.3) is 0 Å². The van der Waals surface area contributed by atoms with Crippen LogP contribution in [0.5, 0.6) is 0 Å². The number of allylic oxidation sites excluding steroid dienone is 2. The van der Waals surface area contributed by atoms with Gasteiger partial charge in [-0.25, -0.2) is 0 Å². The summed E-state index contributed by atoms with van der Waals surface area (Å²) in [4.78, 5) is 30.7. The maximum Gasteiger partial charge on any atom is 0.219 e. The number of fused-ring (bicyclic) bond motifs is 1. The first kappa shape index (κ1) is 44.2. The Labute approximate surface area is 366 Å². The van der Waals surface area contributed by atoms with Gasteiger partial charge >= 0.3 is 0 Å². The molecule has 6 nitrogen and oxygen atoms in total. The van der Waals surface area contributed by atoms with Gasteiger partial charge in [0.15, 0.2) is 5.71 Å². The number of nitrogens with one attached hydrogen (secondary N) is 1. The van der Waals surface area contributed by atoms with E-state index < -0.39 is 0 Å². The first-order chi connectivity index (χ1) is 28.8. The lowest BCUT2D eigenvalue weighted by Crippen LogP contribution is -2.26. The third kappa shape index (κ3) is 10.7. The lowest BCUT2D eigenvalue weighted by molar-refractivity contribution is -0.401. The second kappa shape index (κ2) is 19.8. The molecule has 1 aliphatic heterocycles. The summed E-state index contributed by atoms with van der Waals surface area (Å²) in [5.74, 6) is 1.28. The molecule has 0 saturated heterocycles. The summed E-state index contributed by atoms with van der Waals surface area (Å²) in [6.07, 6.45) is 9.78. The molecule has 6 rings (SSSR count). The fourth-order valence-corrected chi connectivity index (χ4v) is 9.48. The smallest absolute Gasteiger partial charge is 0.219 e. The van der Waals surface area contributed by atoms with E-state index in [1.165, 1.54) is 51.7 Å². The second-order valence-electron chi connectivity index (χ2n) is 16.6. The zero-order chi connectivity index (χ0) is 42.9. The van der Waals surface area contributed by atoms with Gasteiger partial charge in [-0.2, -0.15) is 4.58 Å². The summed E-state index contributed by atoms with van der Waals surface area (Å²) in [5, 5.41) is 3.27. The molecule has 0 aromatic heterocycles. The summed E-state index contributed by atoms with van der Waals surface area (Å²) < 4.78 is 2.29. The van der Waals surface area contributed by atoms with E-state index in [-0.39, 0.29) is 21.1 Å². The largest absolute Gasteiger partial charge is 0.388 e. The van der Waals surface area contributed by atoms with Crippen LogP contribution in [0.3, 0.4) is 0 Å². The van der Waals surface area contributed by atoms with Crippen molar-refractivity contribution in [2.45, 2.75) is 44.9 Å². The van der Waals surface area contributed by atoms with Crippen LogP contribution in [-0.2, 0) is 10.8 Å². The molecule has 0 amide bonds. The van der Waals surface area contributed by atoms with Gasteiger partial charge in [-0.15, -0.1) is 0 Å². The minimum atomic E-state index is -0.0581. The van der Waals surface area contributed by atoms with Crippen molar-refractivity contribution in [2.24, 2.45) is 0 Å². The topological polar surface area (TPSA) is 55.7 Å². The molecular formula is C52H59N4O2S2+. The van der Waals surface area contributed by atoms with Crippen LogP contribution in [0.1, 0.15) is 77.1 Å². The average Bonchev–Trinajstić information content (AvgIpc) is 3.45. The summed E-state index contributed by atoms with van der Waals surface area (Å²) in [6, 6.07) is 41.3. The summed E-state index contributed by atoms with van der Waals surface area (Å²) in [6.45, 7) is 10.5. The molecule has 0 aliphatic carbocycles. The van der Waals surface area contributed by atoms with Gasteiger partial charge in [0, 0.05) is 91.6 Å². The van der Waals surface area contributed by atoms with Gasteiger partial charge in [-0.1, -0.05) is 128 Å². The summed E-state index contributed by atoms with van der Waals surface area (Å²) >= 11 is 2.58. The minimum absolute atomic E-state index is 0.00550. The van der Waals surface area contributed by atoms with E-state index in [1.807, 2.05) is 14.1 Å². The monoisotopic (exact) mass is 835 g/mol. The first-order valence-corrected chi connectivity index (χ1v) is 22.6. The van der Waals surface area contributed by atoms with Gasteiger partial charge in [0.2, 0.25) is 15.9 Å². The quantitative estimate of drug-likeness (QED) is 0.0936. The van der Waals surface area contributed by atoms with E-state index in [4.69, 9.17) is 0 Å². The highest BCUT2D eigenvalue weighted by molar-refractivity contribution is 8.14. The van der Waals surface area contributed by atoms with Crippen LogP contribution in [0.25, 0.3) is 12.2 Å². The number of hydrogen-bond acceptors (Lipinski definition) is 7. The van der Waals surface area contributed by atoms with E-state index >= 15 is 0 Å². The fourth-order valence-electron chi connectivity index (χ4n) is 7.80. The summed E-state index contributed by atoms with van der Waals surface area (Å²) in [7, 11) is 8.21. The maximum atomic E-state index is 13.2. The molecule has 0 unspecified atom stereocenters. The Bertz CT molecular complexity index is 2380. The highest BCUT2D eigenvalue weighted by Crippen LogP contribution is 2.39. The molecule has 310 valence electrons. The Morgan fingerprint density at radius 1 is 0.700 bits per heavy atom. The van der Waals surface area contributed by atoms with Crippen LogP contribution in [0.2, 0.25) is 0 Å². The molecule has 0 atom stereocenters. The molecule has 0 saturated carbocycles. The van der Waals surface area contributed by atoms with E-state index in [9.17, 15) is 9.59 Å². The van der Waals surface area contributed by atoms with E-state index in [1.54, 1.807) is 24.3 Å². The normalized spacial score (nSPS) is 13.5. The molecular weight excluding hydrogens is 777 g/mol. The van der Waals surface area contributed by atoms with Crippen molar-refractivity contribution in [1.29, 1.82) is 0 Å². The zero-order valence-electron chi connectivity index (χ0n) is 36.4. The van der Waals surface area contributed by atoms with Crippen molar-refractivity contribution >= 4 is 74.4 Å². The molecule has 5 aromatic rings. The van der Waals surface area contributed by atoms with Crippen LogP contribution in [-0.4, -0.2) is 73.3 Å². The van der Waals surface area contributed by atoms with Crippen LogP contribution in [0, 0.1) is 0 Å². The van der Waals surface area contributed by atoms with Crippen molar-refractivity contribution in [3.8, 4) is 0 Å². The highest BCUT2D eigenvalue weighted by Gasteiger charge is 2.42. The third-order valence-electron chi connectivity index (χ3n) is 11.6. The molecule has 1 heterocycles. The third-order valence-corrected chi connectivity index (χ3v) is 13.3. The molecule has 5 aromatic carbocycles. The predicted octanol–water partition coefficient (Wildman–Crippen LogP) is 11.8. The number of hydrogen-bond donors (Lipinski definition) is 1. The molecule has 1 N–H and O–H groups in total. The van der Waals surface area contributed by atoms with Crippen LogP contribution in [0.15, 0.2) is 133 Å². The van der Waals surface area contributed by atoms with Gasteiger partial charge in [0.05, 0.1) is 5.41 Å². The first-order valence-electron chi connectivity index (χ1n) is 20.7. The van der Waals surface area contributed by atoms with Gasteiger partial charge in [0.1, 0.15) is 7.05 Å². The summed E-state index contributed by atoms with van der Waals surface area (Å²) in [5.41, 5.74) is 11.9. The lowest BCUT2D eigenvalue weighted by Gasteiger charge is -2.26. The highest BCUT2D eigenvalue weighted by atomic mass is 32.2. The van der Waals surface area contributed by atoms with Crippen molar-refractivity contribution in [3.05, 3.63) is 167 Å². The standard InChI is InChI=1S/C52H59N4O2S2/c1-51(2,44-18-9-11-20-46(44)53-5)32-14-15-38-22-27-42(28-23-38)54(6)33-35-59-49(57)40-16-13-17-41(37-40)50(58)60-36-34-55(7)43-29-24-39(25-30-43)26-31-48-52(3,4)45-19-10-12-21-47(45)56(48)8/h9-31,37,53H,32-36H2,1-8H3/q+1/b15-14+. The SMILES string of the molecule is CNc1ccccc1C(C)(C)C/C=C/c1ccc(N(C)CCSC(=O)c2cccc(C(=O)SCCN(C)c3ccc(/C=C/C4=[N+](C)c5ccccc5C4(C)C)cc3)c2)cc1. The number of para-hydroxylation sites is 2. The van der Waals surface area contributed by atoms with E-state index in [2.05, 4.69) is 183 Å². The predicted molar refractivity (Wildman–Crippen MR) is 261 cm³/mol. The molecule has 0 fully saturated rings. The molecule has 0 bridgehead atoms. The molecule has 8 heteroatoms. The van der Waals surface area contributed by atoms with Crippen LogP contribution >= 0.6 is 23.5 Å². The number of rotatable bonds is 17. The Morgan fingerprint density at radius 3 is 1.80 bits per heavy atom. The second-order valence-corrected chi connectivity index (χ2v) is 18.7. The maximum absolute atomic E-state index is 13.2. The number of anilines is 3. The number of thioether (sulfide) groups is 2. The number of carbonyl (C=O) groups is 2. The molecule has 0 radical (unpaired) electrons. The van der Waals surface area contributed by atoms with Crippen molar-refractivity contribution < 1.29 is 14.2 Å². The Kier molecular flexibility index (Phi) is 14.6. The lowest BCUT2D eigenvalue weighted by atomic mass is 9.80. The zero-order valence-corrected chi connectivity index (χ0v) is 38.0. The molecule has 60 heavy (non-hydrogen) atoms. The molecule has 1 aliphatic rings. The fraction of sp³-hybridized carbons (Fsp3) is 0.288. The van der Waals surface area contributed by atoms with E-state index in [0.717, 1.165) is 35.5 Å². The van der Waals surface area contributed by atoms with Gasteiger partial charge in [-0.3, -0.25) is 9.59 Å². The van der Waals surface area contributed by atoms with E-state index in [0.29, 0.717) is 29.2 Å². The van der Waals surface area contributed by atoms with Crippen molar-refractivity contribution in [1.82, 2.24) is 0 Å². The van der Waals surface area contributed by atoms with Crippen LogP contribution < -0.4 is 15.1 Å². The minimum Gasteiger partial charge on any atom is -0.388 e. The van der Waals surface area contributed by atoms with Gasteiger partial charge < -0.3 is 15.1 Å². The van der Waals surface area contributed by atoms with Gasteiger partial charge in [-0.05, 0) is 84.8 Å².